The second-order valence-corrected chi connectivity index (χ2v) is 4.91. The van der Waals surface area contributed by atoms with Crippen LogP contribution in [0.2, 0.25) is 0 Å². The van der Waals surface area contributed by atoms with Crippen molar-refractivity contribution in [2.24, 2.45) is 12.1 Å². The van der Waals surface area contributed by atoms with Gasteiger partial charge in [0.15, 0.2) is 5.82 Å². The van der Waals surface area contributed by atoms with E-state index in [9.17, 15) is 4.79 Å². The third-order valence-corrected chi connectivity index (χ3v) is 3.43. The van der Waals surface area contributed by atoms with E-state index in [0.29, 0.717) is 5.82 Å². The molecule has 1 amide bonds. The van der Waals surface area contributed by atoms with Crippen LogP contribution in [0.25, 0.3) is 11.0 Å². The van der Waals surface area contributed by atoms with Crippen LogP contribution < -0.4 is 5.43 Å². The number of rotatable bonds is 4. The minimum Gasteiger partial charge on any atom is -0.326 e. The van der Waals surface area contributed by atoms with Gasteiger partial charge >= 0.3 is 0 Å². The number of aromatic nitrogens is 4. The van der Waals surface area contributed by atoms with Gasteiger partial charge in [-0.25, -0.2) is 15.4 Å². The second-order valence-electron chi connectivity index (χ2n) is 4.91. The molecule has 0 fully saturated rings. The van der Waals surface area contributed by atoms with Gasteiger partial charge in [0.2, 0.25) is 0 Å². The molecule has 0 atom stereocenters. The maximum atomic E-state index is 11.8. The molecule has 2 heterocycles. The number of amides is 1. The average Bonchev–Trinajstić information content (AvgIpc) is 3.04. The highest BCUT2D eigenvalue weighted by Crippen LogP contribution is 2.12. The highest BCUT2D eigenvalue weighted by atomic mass is 16.2. The Kier molecular flexibility index (Phi) is 3.69. The Morgan fingerprint density at radius 3 is 2.95 bits per heavy atom. The highest BCUT2D eigenvalue weighted by molar-refractivity contribution is 5.85. The van der Waals surface area contributed by atoms with Crippen molar-refractivity contribution in [3.8, 4) is 0 Å². The van der Waals surface area contributed by atoms with E-state index in [0.717, 1.165) is 16.9 Å². The maximum Gasteiger partial charge on any atom is 0.260 e. The molecule has 1 aromatic carbocycles. The van der Waals surface area contributed by atoms with Crippen LogP contribution in [0.4, 0.5) is 0 Å². The number of nitrogens with zero attached hydrogens (tertiary/aromatic N) is 5. The number of para-hydroxylation sites is 2. The zero-order valence-corrected chi connectivity index (χ0v) is 12.4. The van der Waals surface area contributed by atoms with Crippen molar-refractivity contribution in [1.82, 2.24) is 24.5 Å². The number of fused-ring (bicyclic) bond motifs is 1. The Morgan fingerprint density at radius 1 is 1.41 bits per heavy atom. The first-order valence-electron chi connectivity index (χ1n) is 6.86. The van der Waals surface area contributed by atoms with E-state index in [1.807, 2.05) is 42.8 Å². The van der Waals surface area contributed by atoms with Crippen molar-refractivity contribution in [1.29, 1.82) is 0 Å². The molecule has 0 aliphatic rings. The fraction of sp³-hybridized carbons (Fsp3) is 0.200. The van der Waals surface area contributed by atoms with Crippen LogP contribution in [0.15, 0.2) is 41.8 Å². The Bertz CT molecular complexity index is 845. The lowest BCUT2D eigenvalue weighted by atomic mass is 10.3. The summed E-state index contributed by atoms with van der Waals surface area (Å²) in [6, 6.07) is 7.82. The molecule has 0 bridgehead atoms. The summed E-state index contributed by atoms with van der Waals surface area (Å²) >= 11 is 0. The molecule has 22 heavy (non-hydrogen) atoms. The number of carbonyl (C=O) groups is 1. The van der Waals surface area contributed by atoms with Crippen molar-refractivity contribution in [3.63, 3.8) is 0 Å². The number of nitrogens with one attached hydrogen (secondary N) is 1. The van der Waals surface area contributed by atoms with Crippen LogP contribution in [-0.2, 0) is 18.4 Å². The smallest absolute Gasteiger partial charge is 0.260 e. The Balaban J connectivity index is 1.67. The number of carbonyl (C=O) groups excluding carboxylic acids is 1. The molecule has 7 heteroatoms. The number of hydrazone groups is 1. The molecule has 0 aliphatic heterocycles. The highest BCUT2D eigenvalue weighted by Gasteiger charge is 2.06. The molecule has 0 saturated heterocycles. The molecule has 0 spiro atoms. The summed E-state index contributed by atoms with van der Waals surface area (Å²) in [7, 11) is 1.91. The van der Waals surface area contributed by atoms with Gasteiger partial charge in [-0.3, -0.25) is 4.79 Å². The largest absolute Gasteiger partial charge is 0.326 e. The van der Waals surface area contributed by atoms with E-state index in [4.69, 9.17) is 0 Å². The van der Waals surface area contributed by atoms with Gasteiger partial charge in [0, 0.05) is 19.4 Å². The number of aryl methyl sites for hydroxylation is 2. The van der Waals surface area contributed by atoms with Crippen LogP contribution in [0, 0.1) is 6.92 Å². The molecule has 0 aliphatic carbocycles. The van der Waals surface area contributed by atoms with Crippen molar-refractivity contribution in [2.45, 2.75) is 13.5 Å². The van der Waals surface area contributed by atoms with Crippen LogP contribution >= 0.6 is 0 Å². The van der Waals surface area contributed by atoms with Gasteiger partial charge in [-0.2, -0.15) is 5.10 Å². The Hall–Kier alpha value is -2.96. The van der Waals surface area contributed by atoms with Gasteiger partial charge < -0.3 is 9.13 Å². The zero-order valence-electron chi connectivity index (χ0n) is 12.4. The molecular formula is C15H16N6O. The van der Waals surface area contributed by atoms with Crippen molar-refractivity contribution in [2.75, 3.05) is 0 Å². The lowest BCUT2D eigenvalue weighted by molar-refractivity contribution is -0.121. The number of benzene rings is 1. The average molecular weight is 296 g/mol. The van der Waals surface area contributed by atoms with E-state index < -0.39 is 0 Å². The number of imidazole rings is 2. The Labute approximate surface area is 127 Å². The fourth-order valence-electron chi connectivity index (χ4n) is 2.20. The van der Waals surface area contributed by atoms with Crippen LogP contribution in [-0.4, -0.2) is 31.2 Å². The molecule has 3 rings (SSSR count). The molecule has 7 nitrogen and oxygen atoms in total. The summed E-state index contributed by atoms with van der Waals surface area (Å²) in [6.07, 6.45) is 4.95. The summed E-state index contributed by atoms with van der Waals surface area (Å²) in [4.78, 5) is 20.3. The molecule has 0 unspecified atom stereocenters. The Morgan fingerprint density at radius 2 is 2.23 bits per heavy atom. The molecule has 112 valence electrons. The third kappa shape index (κ3) is 2.73. The van der Waals surface area contributed by atoms with Crippen molar-refractivity contribution < 1.29 is 4.79 Å². The SMILES string of the molecule is Cc1nccn1CC(=O)N/N=C\c1nc2ccccc2n1C. The van der Waals surface area contributed by atoms with E-state index >= 15 is 0 Å². The minimum absolute atomic E-state index is 0.186. The first-order chi connectivity index (χ1) is 10.6. The van der Waals surface area contributed by atoms with Gasteiger partial charge in [-0.1, -0.05) is 12.1 Å². The zero-order chi connectivity index (χ0) is 15.5. The maximum absolute atomic E-state index is 11.8. The fourth-order valence-corrected chi connectivity index (χ4v) is 2.20. The van der Waals surface area contributed by atoms with Crippen molar-refractivity contribution in [3.05, 3.63) is 48.3 Å². The second kappa shape index (κ2) is 5.80. The predicted octanol–water partition coefficient (Wildman–Crippen LogP) is 1.23. The number of hydrogen-bond acceptors (Lipinski definition) is 4. The van der Waals surface area contributed by atoms with Gasteiger partial charge in [0.1, 0.15) is 12.4 Å². The van der Waals surface area contributed by atoms with Crippen LogP contribution in [0.3, 0.4) is 0 Å². The van der Waals surface area contributed by atoms with Gasteiger partial charge in [0.25, 0.3) is 5.91 Å². The van der Waals surface area contributed by atoms with Gasteiger partial charge in [-0.15, -0.1) is 0 Å². The van der Waals surface area contributed by atoms with E-state index in [-0.39, 0.29) is 12.5 Å². The number of hydrogen-bond donors (Lipinski definition) is 1. The topological polar surface area (TPSA) is 77.1 Å². The normalized spacial score (nSPS) is 11.4. The minimum atomic E-state index is -0.212. The summed E-state index contributed by atoms with van der Waals surface area (Å²) in [5.41, 5.74) is 4.41. The third-order valence-electron chi connectivity index (χ3n) is 3.43. The first-order valence-corrected chi connectivity index (χ1v) is 6.86. The van der Waals surface area contributed by atoms with Crippen LogP contribution in [0.5, 0.6) is 0 Å². The summed E-state index contributed by atoms with van der Waals surface area (Å²) in [6.45, 7) is 2.03. The molecular weight excluding hydrogens is 280 g/mol. The lowest BCUT2D eigenvalue weighted by Crippen LogP contribution is -2.23. The van der Waals surface area contributed by atoms with Crippen molar-refractivity contribution >= 4 is 23.2 Å². The van der Waals surface area contributed by atoms with Crippen LogP contribution in [0.1, 0.15) is 11.6 Å². The summed E-state index contributed by atoms with van der Waals surface area (Å²) in [5.74, 6) is 1.26. The van der Waals surface area contributed by atoms with E-state index in [1.54, 1.807) is 23.2 Å². The van der Waals surface area contributed by atoms with E-state index in [2.05, 4.69) is 20.5 Å². The molecule has 2 aromatic heterocycles. The van der Waals surface area contributed by atoms with E-state index in [1.165, 1.54) is 0 Å². The first kappa shape index (κ1) is 14.0. The molecule has 1 N–H and O–H groups in total. The quantitative estimate of drug-likeness (QED) is 0.581. The molecule has 3 aromatic rings. The van der Waals surface area contributed by atoms with Gasteiger partial charge in [0.05, 0.1) is 17.2 Å². The molecule has 0 saturated carbocycles. The lowest BCUT2D eigenvalue weighted by Gasteiger charge is -2.03. The van der Waals surface area contributed by atoms with Gasteiger partial charge in [-0.05, 0) is 19.1 Å². The standard InChI is InChI=1S/C15H16N6O/c1-11-16-7-8-21(11)10-15(22)19-17-9-14-18-12-5-3-4-6-13(12)20(14)2/h3-9H,10H2,1-2H3,(H,19,22)/b17-9-. The summed E-state index contributed by atoms with van der Waals surface area (Å²) < 4.78 is 3.67. The molecule has 0 radical (unpaired) electrons. The monoisotopic (exact) mass is 296 g/mol. The predicted molar refractivity (Wildman–Crippen MR) is 83.4 cm³/mol. The summed E-state index contributed by atoms with van der Waals surface area (Å²) in [5, 5.41) is 3.97.